The molecule has 0 heterocycles. The molecule has 0 bridgehead atoms. The third-order valence-corrected chi connectivity index (χ3v) is 5.03. The van der Waals surface area contributed by atoms with Gasteiger partial charge in [-0.05, 0) is 33.5 Å². The summed E-state index contributed by atoms with van der Waals surface area (Å²) in [7, 11) is 2.53. The van der Waals surface area contributed by atoms with Crippen LogP contribution in [0.25, 0.3) is 21.5 Å². The van der Waals surface area contributed by atoms with E-state index >= 15 is 0 Å². The maximum atomic E-state index is 13.3. The van der Waals surface area contributed by atoms with Gasteiger partial charge in [-0.15, -0.1) is 0 Å². The molecular weight excluding hydrogens is 370 g/mol. The van der Waals surface area contributed by atoms with Crippen LogP contribution in [0.4, 0.5) is 0 Å². The van der Waals surface area contributed by atoms with Crippen molar-refractivity contribution in [3.8, 4) is 0 Å². The summed E-state index contributed by atoms with van der Waals surface area (Å²) in [5.74, 6) is -1.97. The highest BCUT2D eigenvalue weighted by Gasteiger charge is 2.30. The standard InChI is InChI=1S/C23H23NO5/c1-14(12-19(25)28-2)21(23(27)29-3)24-22(26)20-17-10-6-4-8-15(17)13-16-9-5-7-11-18(16)20/h4-11,13-14,21H,12H2,1-3H3,(H,24,26)/t14-,21+/m1/s1. The van der Waals surface area contributed by atoms with Gasteiger partial charge in [-0.25, -0.2) is 4.79 Å². The molecule has 3 rings (SSSR count). The van der Waals surface area contributed by atoms with Gasteiger partial charge in [0.1, 0.15) is 6.04 Å². The molecule has 6 heteroatoms. The SMILES string of the molecule is COC(=O)C[C@@H](C)[C@H](NC(=O)c1c2ccccc2cc2ccccc12)C(=O)OC. The molecular formula is C23H23NO5. The molecule has 6 nitrogen and oxygen atoms in total. The van der Waals surface area contributed by atoms with E-state index in [-0.39, 0.29) is 6.42 Å². The van der Waals surface area contributed by atoms with E-state index in [0.717, 1.165) is 21.5 Å². The summed E-state index contributed by atoms with van der Waals surface area (Å²) >= 11 is 0. The van der Waals surface area contributed by atoms with E-state index in [4.69, 9.17) is 4.74 Å². The summed E-state index contributed by atoms with van der Waals surface area (Å²) < 4.78 is 9.54. The average Bonchev–Trinajstić information content (AvgIpc) is 2.74. The lowest BCUT2D eigenvalue weighted by molar-refractivity contribution is -0.146. The molecule has 0 saturated heterocycles. The van der Waals surface area contributed by atoms with E-state index in [1.807, 2.05) is 54.6 Å². The van der Waals surface area contributed by atoms with Crippen molar-refractivity contribution in [3.05, 3.63) is 60.2 Å². The van der Waals surface area contributed by atoms with Crippen molar-refractivity contribution in [1.29, 1.82) is 0 Å². The van der Waals surface area contributed by atoms with Gasteiger partial charge in [0.05, 0.1) is 26.2 Å². The maximum absolute atomic E-state index is 13.3. The Bertz CT molecular complexity index is 1020. The van der Waals surface area contributed by atoms with Crippen LogP contribution in [0.5, 0.6) is 0 Å². The first-order chi connectivity index (χ1) is 14.0. The number of hydrogen-bond acceptors (Lipinski definition) is 5. The second-order valence-electron chi connectivity index (χ2n) is 6.93. The van der Waals surface area contributed by atoms with Crippen LogP contribution in [0.1, 0.15) is 23.7 Å². The van der Waals surface area contributed by atoms with Crippen LogP contribution in [0.2, 0.25) is 0 Å². The smallest absolute Gasteiger partial charge is 0.328 e. The summed E-state index contributed by atoms with van der Waals surface area (Å²) in [4.78, 5) is 37.3. The number of esters is 2. The predicted molar refractivity (Wildman–Crippen MR) is 111 cm³/mol. The number of amides is 1. The zero-order valence-electron chi connectivity index (χ0n) is 16.6. The molecule has 0 aliphatic rings. The minimum atomic E-state index is -0.982. The fourth-order valence-corrected chi connectivity index (χ4v) is 3.50. The molecule has 1 amide bonds. The Hall–Kier alpha value is -3.41. The van der Waals surface area contributed by atoms with Crippen molar-refractivity contribution >= 4 is 39.4 Å². The molecule has 0 spiro atoms. The Morgan fingerprint density at radius 1 is 0.897 bits per heavy atom. The Kier molecular flexibility index (Phi) is 6.12. The maximum Gasteiger partial charge on any atom is 0.328 e. The van der Waals surface area contributed by atoms with Gasteiger partial charge >= 0.3 is 11.9 Å². The Morgan fingerprint density at radius 2 is 1.45 bits per heavy atom. The molecule has 0 saturated carbocycles. The summed E-state index contributed by atoms with van der Waals surface area (Å²) in [5, 5.41) is 6.20. The first kappa shape index (κ1) is 20.3. The van der Waals surface area contributed by atoms with Crippen LogP contribution in [-0.2, 0) is 19.1 Å². The number of methoxy groups -OCH3 is 2. The first-order valence-electron chi connectivity index (χ1n) is 9.32. The fourth-order valence-electron chi connectivity index (χ4n) is 3.50. The van der Waals surface area contributed by atoms with E-state index < -0.39 is 29.8 Å². The van der Waals surface area contributed by atoms with Gasteiger partial charge < -0.3 is 14.8 Å². The van der Waals surface area contributed by atoms with Crippen molar-refractivity contribution in [2.75, 3.05) is 14.2 Å². The first-order valence-corrected chi connectivity index (χ1v) is 9.32. The highest BCUT2D eigenvalue weighted by molar-refractivity contribution is 6.18. The van der Waals surface area contributed by atoms with Crippen LogP contribution >= 0.6 is 0 Å². The lowest BCUT2D eigenvalue weighted by Gasteiger charge is -2.23. The van der Waals surface area contributed by atoms with Gasteiger partial charge in [0.15, 0.2) is 0 Å². The monoisotopic (exact) mass is 393 g/mol. The van der Waals surface area contributed by atoms with E-state index in [1.54, 1.807) is 6.92 Å². The number of ether oxygens (including phenoxy) is 2. The molecule has 0 radical (unpaired) electrons. The molecule has 0 aliphatic carbocycles. The third-order valence-electron chi connectivity index (χ3n) is 5.03. The minimum Gasteiger partial charge on any atom is -0.469 e. The number of benzene rings is 3. The highest BCUT2D eigenvalue weighted by Crippen LogP contribution is 2.28. The second-order valence-corrected chi connectivity index (χ2v) is 6.93. The van der Waals surface area contributed by atoms with Crippen molar-refractivity contribution in [2.24, 2.45) is 5.92 Å². The van der Waals surface area contributed by atoms with Gasteiger partial charge in [-0.1, -0.05) is 55.5 Å². The molecule has 3 aromatic rings. The normalized spacial score (nSPS) is 12.9. The zero-order chi connectivity index (χ0) is 21.0. The Labute approximate surface area is 168 Å². The van der Waals surface area contributed by atoms with Crippen LogP contribution in [-0.4, -0.2) is 38.1 Å². The second kappa shape index (κ2) is 8.73. The van der Waals surface area contributed by atoms with Crippen LogP contribution < -0.4 is 5.32 Å². The molecule has 1 N–H and O–H groups in total. The van der Waals surface area contributed by atoms with Gasteiger partial charge in [0.2, 0.25) is 0 Å². The third kappa shape index (κ3) is 4.21. The Morgan fingerprint density at radius 3 is 1.97 bits per heavy atom. The van der Waals surface area contributed by atoms with Crippen molar-refractivity contribution < 1.29 is 23.9 Å². The van der Waals surface area contributed by atoms with Crippen LogP contribution in [0.3, 0.4) is 0 Å². The highest BCUT2D eigenvalue weighted by atomic mass is 16.5. The fraction of sp³-hybridized carbons (Fsp3) is 0.261. The molecule has 0 unspecified atom stereocenters. The average molecular weight is 393 g/mol. The van der Waals surface area contributed by atoms with E-state index in [9.17, 15) is 14.4 Å². The van der Waals surface area contributed by atoms with Gasteiger partial charge in [0.25, 0.3) is 5.91 Å². The summed E-state index contributed by atoms with van der Waals surface area (Å²) in [5.41, 5.74) is 0.484. The van der Waals surface area contributed by atoms with Crippen molar-refractivity contribution in [2.45, 2.75) is 19.4 Å². The number of fused-ring (bicyclic) bond motifs is 2. The van der Waals surface area contributed by atoms with Gasteiger partial charge in [-0.3, -0.25) is 9.59 Å². The predicted octanol–water partition coefficient (Wildman–Crippen LogP) is 3.46. The lowest BCUT2D eigenvalue weighted by atomic mass is 9.94. The largest absolute Gasteiger partial charge is 0.469 e. The zero-order valence-corrected chi connectivity index (χ0v) is 16.6. The number of carbonyl (C=O) groups is 3. The molecule has 3 aromatic carbocycles. The van der Waals surface area contributed by atoms with Gasteiger partial charge in [-0.2, -0.15) is 0 Å². The minimum absolute atomic E-state index is 0.0210. The topological polar surface area (TPSA) is 81.7 Å². The summed E-state index contributed by atoms with van der Waals surface area (Å²) in [6, 6.07) is 16.2. The molecule has 0 aromatic heterocycles. The van der Waals surface area contributed by atoms with Crippen molar-refractivity contribution in [3.63, 3.8) is 0 Å². The number of carbonyl (C=O) groups excluding carboxylic acids is 3. The van der Waals surface area contributed by atoms with Crippen molar-refractivity contribution in [1.82, 2.24) is 5.32 Å². The molecule has 2 atom stereocenters. The van der Waals surface area contributed by atoms with E-state index in [1.165, 1.54) is 14.2 Å². The molecule has 29 heavy (non-hydrogen) atoms. The van der Waals surface area contributed by atoms with Gasteiger partial charge in [0, 0.05) is 0 Å². The quantitative estimate of drug-likeness (QED) is 0.512. The molecule has 0 aliphatic heterocycles. The number of rotatable bonds is 6. The van der Waals surface area contributed by atoms with Crippen LogP contribution in [0, 0.1) is 5.92 Å². The lowest BCUT2D eigenvalue weighted by Crippen LogP contribution is -2.46. The van der Waals surface area contributed by atoms with E-state index in [2.05, 4.69) is 10.1 Å². The molecule has 150 valence electrons. The molecule has 0 fully saturated rings. The number of hydrogen-bond donors (Lipinski definition) is 1. The Balaban J connectivity index is 2.04. The van der Waals surface area contributed by atoms with E-state index in [0.29, 0.717) is 5.56 Å². The summed E-state index contributed by atoms with van der Waals surface area (Å²) in [6.45, 7) is 1.69. The summed E-state index contributed by atoms with van der Waals surface area (Å²) in [6.07, 6.45) is -0.0210. The van der Waals surface area contributed by atoms with Crippen LogP contribution in [0.15, 0.2) is 54.6 Å². The number of nitrogens with one attached hydrogen (secondary N) is 1.